The second kappa shape index (κ2) is 8.69. The summed E-state index contributed by atoms with van der Waals surface area (Å²) < 4.78 is 18.6. The zero-order valence-corrected chi connectivity index (χ0v) is 17.0. The first kappa shape index (κ1) is 19.4. The van der Waals surface area contributed by atoms with Crippen LogP contribution in [-0.2, 0) is 17.7 Å². The molecule has 2 aliphatic rings. The topological polar surface area (TPSA) is 74.7 Å². The highest BCUT2D eigenvalue weighted by Gasteiger charge is 2.16. The Morgan fingerprint density at radius 1 is 0.968 bits per heavy atom. The van der Waals surface area contributed by atoms with Crippen molar-refractivity contribution in [3.63, 3.8) is 0 Å². The monoisotopic (exact) mass is 418 g/mol. The number of fused-ring (bicyclic) bond motifs is 1. The van der Waals surface area contributed by atoms with Crippen LogP contribution >= 0.6 is 0 Å². The lowest BCUT2D eigenvalue weighted by molar-refractivity contribution is 0.122. The second-order valence-electron chi connectivity index (χ2n) is 7.48. The number of aromatic nitrogens is 2. The molecule has 3 aromatic rings. The molecule has 4 heterocycles. The highest BCUT2D eigenvalue weighted by molar-refractivity contribution is 5.73. The summed E-state index contributed by atoms with van der Waals surface area (Å²) >= 11 is 0. The number of nitrogens with one attached hydrogen (secondary N) is 2. The van der Waals surface area contributed by atoms with Crippen LogP contribution in [0.25, 0.3) is 0 Å². The van der Waals surface area contributed by atoms with Crippen LogP contribution in [-0.4, -0.2) is 42.5 Å². The van der Waals surface area contributed by atoms with Gasteiger partial charge in [0.15, 0.2) is 0 Å². The van der Waals surface area contributed by atoms with Crippen molar-refractivity contribution in [2.24, 2.45) is 4.99 Å². The van der Waals surface area contributed by atoms with Gasteiger partial charge in [-0.05, 0) is 48.0 Å². The highest BCUT2D eigenvalue weighted by atomic mass is 19.1. The van der Waals surface area contributed by atoms with Crippen molar-refractivity contribution in [2.45, 2.75) is 13.0 Å². The van der Waals surface area contributed by atoms with Gasteiger partial charge in [0, 0.05) is 42.7 Å². The molecule has 31 heavy (non-hydrogen) atoms. The smallest absolute Gasteiger partial charge is 0.141 e. The van der Waals surface area contributed by atoms with E-state index in [4.69, 9.17) is 9.72 Å². The fourth-order valence-electron chi connectivity index (χ4n) is 3.76. The SMILES string of the molecule is Fc1ccc(Nc2cc3c(c(Nc4ccc(N5CCOCC5)cc4)n2)CN=CC3)nc1. The zero-order valence-electron chi connectivity index (χ0n) is 17.0. The molecule has 0 spiro atoms. The Balaban J connectivity index is 1.39. The molecule has 1 fully saturated rings. The van der Waals surface area contributed by atoms with Crippen molar-refractivity contribution in [1.82, 2.24) is 9.97 Å². The number of halogens is 1. The lowest BCUT2D eigenvalue weighted by Gasteiger charge is -2.29. The number of aliphatic imine (C=N–C) groups is 1. The number of pyridine rings is 2. The van der Waals surface area contributed by atoms with Crippen LogP contribution in [0.15, 0.2) is 53.7 Å². The van der Waals surface area contributed by atoms with Crippen LogP contribution in [0.2, 0.25) is 0 Å². The second-order valence-corrected chi connectivity index (χ2v) is 7.48. The number of nitrogens with zero attached hydrogens (tertiary/aromatic N) is 4. The number of hydrogen-bond donors (Lipinski definition) is 2. The summed E-state index contributed by atoms with van der Waals surface area (Å²) in [4.78, 5) is 15.6. The summed E-state index contributed by atoms with van der Waals surface area (Å²) in [5, 5.41) is 6.62. The normalized spacial score (nSPS) is 15.5. The molecule has 5 rings (SSSR count). The molecule has 0 saturated carbocycles. The van der Waals surface area contributed by atoms with Gasteiger partial charge in [-0.15, -0.1) is 0 Å². The maximum absolute atomic E-state index is 13.2. The molecule has 2 aromatic heterocycles. The molecule has 1 saturated heterocycles. The number of hydrogen-bond acceptors (Lipinski definition) is 7. The number of rotatable bonds is 5. The molecule has 0 amide bonds. The quantitative estimate of drug-likeness (QED) is 0.651. The molecule has 0 radical (unpaired) electrons. The van der Waals surface area contributed by atoms with Gasteiger partial charge in [0.2, 0.25) is 0 Å². The number of anilines is 5. The molecule has 0 atom stereocenters. The Bertz CT molecular complexity index is 1080. The Hall–Kier alpha value is -3.52. The molecule has 0 bridgehead atoms. The van der Waals surface area contributed by atoms with Gasteiger partial charge >= 0.3 is 0 Å². The predicted molar refractivity (Wildman–Crippen MR) is 120 cm³/mol. The van der Waals surface area contributed by atoms with Crippen molar-refractivity contribution in [3.8, 4) is 0 Å². The summed E-state index contributed by atoms with van der Waals surface area (Å²) in [6, 6.07) is 13.3. The van der Waals surface area contributed by atoms with Gasteiger partial charge in [0.25, 0.3) is 0 Å². The molecule has 0 unspecified atom stereocenters. The minimum absolute atomic E-state index is 0.372. The average Bonchev–Trinajstić information content (AvgIpc) is 2.82. The van der Waals surface area contributed by atoms with Crippen LogP contribution in [0, 0.1) is 5.82 Å². The lowest BCUT2D eigenvalue weighted by atomic mass is 10.0. The van der Waals surface area contributed by atoms with Crippen molar-refractivity contribution >= 4 is 35.0 Å². The fraction of sp³-hybridized carbons (Fsp3) is 0.261. The minimum atomic E-state index is -0.372. The predicted octanol–water partition coefficient (Wildman–Crippen LogP) is 4.07. The molecule has 8 heteroatoms. The van der Waals surface area contributed by atoms with E-state index in [1.165, 1.54) is 18.0 Å². The van der Waals surface area contributed by atoms with Crippen LogP contribution in [0.1, 0.15) is 11.1 Å². The van der Waals surface area contributed by atoms with Gasteiger partial charge < -0.3 is 20.3 Å². The van der Waals surface area contributed by atoms with Gasteiger partial charge in [-0.1, -0.05) is 0 Å². The molecule has 158 valence electrons. The zero-order chi connectivity index (χ0) is 21.0. The highest BCUT2D eigenvalue weighted by Crippen LogP contribution is 2.29. The van der Waals surface area contributed by atoms with E-state index in [1.54, 1.807) is 6.07 Å². The van der Waals surface area contributed by atoms with Crippen molar-refractivity contribution in [3.05, 3.63) is 65.6 Å². The molecule has 2 aliphatic heterocycles. The average molecular weight is 418 g/mol. The maximum atomic E-state index is 13.2. The molecular formula is C23H23FN6O. The maximum Gasteiger partial charge on any atom is 0.141 e. The largest absolute Gasteiger partial charge is 0.378 e. The van der Waals surface area contributed by atoms with E-state index in [0.717, 1.165) is 55.4 Å². The summed E-state index contributed by atoms with van der Waals surface area (Å²) in [7, 11) is 0. The van der Waals surface area contributed by atoms with Crippen LogP contribution in [0.4, 0.5) is 33.2 Å². The molecular weight excluding hydrogens is 395 g/mol. The summed E-state index contributed by atoms with van der Waals surface area (Å²) in [6.07, 6.45) is 3.85. The first-order valence-corrected chi connectivity index (χ1v) is 10.3. The third-order valence-corrected chi connectivity index (χ3v) is 5.40. The molecule has 2 N–H and O–H groups in total. The van der Waals surface area contributed by atoms with Gasteiger partial charge in [-0.25, -0.2) is 14.4 Å². The third-order valence-electron chi connectivity index (χ3n) is 5.40. The van der Waals surface area contributed by atoms with Crippen LogP contribution < -0.4 is 15.5 Å². The van der Waals surface area contributed by atoms with E-state index in [9.17, 15) is 4.39 Å². The third kappa shape index (κ3) is 4.49. The van der Waals surface area contributed by atoms with Gasteiger partial charge in [-0.3, -0.25) is 4.99 Å². The fourth-order valence-corrected chi connectivity index (χ4v) is 3.76. The van der Waals surface area contributed by atoms with E-state index >= 15 is 0 Å². The van der Waals surface area contributed by atoms with Crippen molar-refractivity contribution in [1.29, 1.82) is 0 Å². The van der Waals surface area contributed by atoms with Crippen molar-refractivity contribution in [2.75, 3.05) is 41.8 Å². The molecule has 1 aromatic carbocycles. The lowest BCUT2D eigenvalue weighted by Crippen LogP contribution is -2.36. The molecule has 0 aliphatic carbocycles. The number of benzene rings is 1. The summed E-state index contributed by atoms with van der Waals surface area (Å²) in [5.41, 5.74) is 4.38. The van der Waals surface area contributed by atoms with Gasteiger partial charge in [0.05, 0.1) is 26.0 Å². The van der Waals surface area contributed by atoms with E-state index in [-0.39, 0.29) is 5.82 Å². The Morgan fingerprint density at radius 2 is 1.81 bits per heavy atom. The summed E-state index contributed by atoms with van der Waals surface area (Å²) in [6.45, 7) is 3.93. The first-order chi connectivity index (χ1) is 15.2. The van der Waals surface area contributed by atoms with E-state index < -0.39 is 0 Å². The summed E-state index contributed by atoms with van der Waals surface area (Å²) in [5.74, 6) is 1.58. The van der Waals surface area contributed by atoms with Gasteiger partial charge in [0.1, 0.15) is 23.3 Å². The van der Waals surface area contributed by atoms with Crippen molar-refractivity contribution < 1.29 is 9.13 Å². The number of morpholine rings is 1. The minimum Gasteiger partial charge on any atom is -0.378 e. The Labute approximate surface area is 180 Å². The van der Waals surface area contributed by atoms with E-state index in [2.05, 4.69) is 49.8 Å². The van der Waals surface area contributed by atoms with Gasteiger partial charge in [-0.2, -0.15) is 0 Å². The molecule has 7 nitrogen and oxygen atoms in total. The number of ether oxygens (including phenoxy) is 1. The standard InChI is InChI=1S/C23H23FN6O/c24-17-1-6-21(26-14-17)28-22-13-16-7-8-25-15-20(16)23(29-22)27-18-2-4-19(5-3-18)30-9-11-31-12-10-30/h1-6,8,13-14H,7,9-12,15H2,(H2,26,27,28,29). The van der Waals surface area contributed by atoms with E-state index in [0.29, 0.717) is 18.2 Å². The van der Waals surface area contributed by atoms with E-state index in [1.807, 2.05) is 12.3 Å². The Kier molecular flexibility index (Phi) is 5.45. The first-order valence-electron chi connectivity index (χ1n) is 10.3. The Morgan fingerprint density at radius 3 is 2.58 bits per heavy atom. The van der Waals surface area contributed by atoms with Crippen LogP contribution in [0.3, 0.4) is 0 Å². The van der Waals surface area contributed by atoms with Crippen LogP contribution in [0.5, 0.6) is 0 Å².